The zero-order valence-electron chi connectivity index (χ0n) is 15.1. The molecule has 0 unspecified atom stereocenters. The molecule has 4 rings (SSSR count). The summed E-state index contributed by atoms with van der Waals surface area (Å²) in [5, 5.41) is 3.09. The third kappa shape index (κ3) is 3.22. The molecule has 2 heterocycles. The van der Waals surface area contributed by atoms with Crippen LogP contribution in [0.3, 0.4) is 0 Å². The number of aryl methyl sites for hydroxylation is 1. The average molecular weight is 348 g/mol. The molecule has 26 heavy (non-hydrogen) atoms. The van der Waals surface area contributed by atoms with Crippen LogP contribution in [0.5, 0.6) is 0 Å². The fourth-order valence-electron chi connectivity index (χ4n) is 3.64. The van der Waals surface area contributed by atoms with Crippen LogP contribution in [0.2, 0.25) is 0 Å². The third-order valence-corrected chi connectivity index (χ3v) is 5.13. The number of imidazole rings is 1. The molecule has 5 heteroatoms. The molecule has 0 aliphatic carbocycles. The summed E-state index contributed by atoms with van der Waals surface area (Å²) in [6.45, 7) is 5.21. The van der Waals surface area contributed by atoms with Gasteiger partial charge in [-0.15, -0.1) is 0 Å². The Morgan fingerprint density at radius 1 is 1.15 bits per heavy atom. The van der Waals surface area contributed by atoms with Gasteiger partial charge in [-0.25, -0.2) is 4.98 Å². The summed E-state index contributed by atoms with van der Waals surface area (Å²) >= 11 is 0. The van der Waals surface area contributed by atoms with Crippen LogP contribution in [0.1, 0.15) is 24.7 Å². The largest absolute Gasteiger partial charge is 0.348 e. The molecule has 0 bridgehead atoms. The summed E-state index contributed by atoms with van der Waals surface area (Å²) in [6, 6.07) is 18.4. The Bertz CT molecular complexity index is 903. The van der Waals surface area contributed by atoms with E-state index in [4.69, 9.17) is 0 Å². The van der Waals surface area contributed by atoms with Gasteiger partial charge in [0.1, 0.15) is 5.82 Å². The molecule has 2 aromatic carbocycles. The maximum absolute atomic E-state index is 12.6. The number of carbonyl (C=O) groups is 1. The first-order valence-electron chi connectivity index (χ1n) is 9.26. The van der Waals surface area contributed by atoms with Crippen molar-refractivity contribution in [2.75, 3.05) is 6.54 Å². The van der Waals surface area contributed by atoms with Crippen molar-refractivity contribution in [2.45, 2.75) is 39.0 Å². The Morgan fingerprint density at radius 2 is 1.92 bits per heavy atom. The van der Waals surface area contributed by atoms with Crippen molar-refractivity contribution >= 4 is 16.9 Å². The predicted molar refractivity (Wildman–Crippen MR) is 103 cm³/mol. The summed E-state index contributed by atoms with van der Waals surface area (Å²) in [4.78, 5) is 19.5. The minimum Gasteiger partial charge on any atom is -0.348 e. The number of para-hydroxylation sites is 2. The molecule has 1 atom stereocenters. The molecule has 0 saturated carbocycles. The number of amides is 1. The van der Waals surface area contributed by atoms with Crippen LogP contribution < -0.4 is 5.32 Å². The lowest BCUT2D eigenvalue weighted by Crippen LogP contribution is -2.55. The van der Waals surface area contributed by atoms with Gasteiger partial charge in [-0.1, -0.05) is 42.5 Å². The minimum absolute atomic E-state index is 0.0327. The Morgan fingerprint density at radius 3 is 2.65 bits per heavy atom. The first kappa shape index (κ1) is 16.8. The SMILES string of the molecule is CCn1c(CNC(=O)[C@H]2CCN2Cc2ccccc2)nc2ccccc21. The number of carbonyl (C=O) groups excluding carboxylic acids is 1. The number of benzene rings is 2. The zero-order valence-corrected chi connectivity index (χ0v) is 15.1. The fourth-order valence-corrected chi connectivity index (χ4v) is 3.64. The van der Waals surface area contributed by atoms with Crippen molar-refractivity contribution in [2.24, 2.45) is 0 Å². The van der Waals surface area contributed by atoms with Crippen LogP contribution in [0, 0.1) is 0 Å². The number of nitrogens with zero attached hydrogens (tertiary/aromatic N) is 3. The number of nitrogens with one attached hydrogen (secondary N) is 1. The van der Waals surface area contributed by atoms with E-state index < -0.39 is 0 Å². The summed E-state index contributed by atoms with van der Waals surface area (Å²) in [5.74, 6) is 1.01. The van der Waals surface area contributed by atoms with Gasteiger partial charge in [-0.3, -0.25) is 9.69 Å². The van der Waals surface area contributed by atoms with Gasteiger partial charge >= 0.3 is 0 Å². The molecule has 1 aliphatic rings. The predicted octanol–water partition coefficient (Wildman–Crippen LogP) is 2.95. The second-order valence-corrected chi connectivity index (χ2v) is 6.74. The second kappa shape index (κ2) is 7.30. The summed E-state index contributed by atoms with van der Waals surface area (Å²) in [5.41, 5.74) is 3.35. The molecule has 3 aromatic rings. The molecule has 1 saturated heterocycles. The molecule has 0 spiro atoms. The van der Waals surface area contributed by atoms with E-state index in [1.54, 1.807) is 0 Å². The van der Waals surface area contributed by atoms with Crippen molar-refractivity contribution in [1.82, 2.24) is 19.8 Å². The Hall–Kier alpha value is -2.66. The Labute approximate surface area is 153 Å². The van der Waals surface area contributed by atoms with Gasteiger partial charge in [0.15, 0.2) is 0 Å². The van der Waals surface area contributed by atoms with Gasteiger partial charge in [-0.05, 0) is 31.0 Å². The van der Waals surface area contributed by atoms with Crippen molar-refractivity contribution in [3.63, 3.8) is 0 Å². The molecule has 0 radical (unpaired) electrons. The third-order valence-electron chi connectivity index (χ3n) is 5.13. The van der Waals surface area contributed by atoms with Crippen LogP contribution in [0.25, 0.3) is 11.0 Å². The van der Waals surface area contributed by atoms with Crippen LogP contribution in [0.15, 0.2) is 54.6 Å². The molecule has 5 nitrogen and oxygen atoms in total. The molecule has 1 N–H and O–H groups in total. The highest BCUT2D eigenvalue weighted by molar-refractivity contribution is 5.82. The second-order valence-electron chi connectivity index (χ2n) is 6.74. The van der Waals surface area contributed by atoms with E-state index in [0.717, 1.165) is 42.9 Å². The maximum atomic E-state index is 12.6. The molecule has 1 fully saturated rings. The van der Waals surface area contributed by atoms with Crippen LogP contribution >= 0.6 is 0 Å². The lowest BCUT2D eigenvalue weighted by atomic mass is 10.0. The lowest BCUT2D eigenvalue weighted by Gasteiger charge is -2.39. The van der Waals surface area contributed by atoms with Crippen molar-refractivity contribution < 1.29 is 4.79 Å². The van der Waals surface area contributed by atoms with Crippen molar-refractivity contribution in [3.8, 4) is 0 Å². The van der Waals surface area contributed by atoms with Crippen molar-refractivity contribution in [1.29, 1.82) is 0 Å². The van der Waals surface area contributed by atoms with E-state index in [1.165, 1.54) is 5.56 Å². The maximum Gasteiger partial charge on any atom is 0.237 e. The van der Waals surface area contributed by atoms with E-state index >= 15 is 0 Å². The molecule has 1 amide bonds. The molecular weight excluding hydrogens is 324 g/mol. The van der Waals surface area contributed by atoms with Crippen molar-refractivity contribution in [3.05, 3.63) is 66.0 Å². The minimum atomic E-state index is -0.0327. The van der Waals surface area contributed by atoms with Gasteiger partial charge in [0.2, 0.25) is 5.91 Å². The number of likely N-dealkylation sites (tertiary alicyclic amines) is 1. The van der Waals surface area contributed by atoms with Gasteiger partial charge in [0, 0.05) is 19.6 Å². The average Bonchev–Trinajstić information content (AvgIpc) is 3.02. The number of rotatable bonds is 6. The van der Waals surface area contributed by atoms with Gasteiger partial charge in [0.05, 0.1) is 23.6 Å². The number of fused-ring (bicyclic) bond motifs is 1. The first-order chi connectivity index (χ1) is 12.8. The standard InChI is InChI=1S/C21H24N4O/c1-2-25-18-11-7-6-10-17(18)23-20(25)14-22-21(26)19-12-13-24(19)15-16-8-4-3-5-9-16/h3-11,19H,2,12-15H2,1H3,(H,22,26)/t19-/m1/s1. The summed E-state index contributed by atoms with van der Waals surface area (Å²) < 4.78 is 2.16. The molecular formula is C21H24N4O. The lowest BCUT2D eigenvalue weighted by molar-refractivity contribution is -0.131. The van der Waals surface area contributed by atoms with E-state index in [0.29, 0.717) is 6.54 Å². The van der Waals surface area contributed by atoms with Crippen LogP contribution in [-0.4, -0.2) is 32.9 Å². The number of hydrogen-bond donors (Lipinski definition) is 1. The molecule has 1 aromatic heterocycles. The van der Waals surface area contributed by atoms with Gasteiger partial charge < -0.3 is 9.88 Å². The number of aromatic nitrogens is 2. The Balaban J connectivity index is 1.40. The summed E-state index contributed by atoms with van der Waals surface area (Å²) in [7, 11) is 0. The van der Waals surface area contributed by atoms with Crippen LogP contribution in [0.4, 0.5) is 0 Å². The topological polar surface area (TPSA) is 50.2 Å². The van der Waals surface area contributed by atoms with Gasteiger partial charge in [0.25, 0.3) is 0 Å². The smallest absolute Gasteiger partial charge is 0.237 e. The zero-order chi connectivity index (χ0) is 17.9. The summed E-state index contributed by atoms with van der Waals surface area (Å²) in [6.07, 6.45) is 0.920. The van der Waals surface area contributed by atoms with E-state index in [1.807, 2.05) is 36.4 Å². The Kier molecular flexibility index (Phi) is 4.71. The van der Waals surface area contributed by atoms with E-state index in [2.05, 4.69) is 44.9 Å². The van der Waals surface area contributed by atoms with E-state index in [-0.39, 0.29) is 11.9 Å². The molecule has 134 valence electrons. The number of hydrogen-bond acceptors (Lipinski definition) is 3. The normalized spacial score (nSPS) is 17.2. The highest BCUT2D eigenvalue weighted by Gasteiger charge is 2.33. The van der Waals surface area contributed by atoms with E-state index in [9.17, 15) is 4.79 Å². The van der Waals surface area contributed by atoms with Gasteiger partial charge in [-0.2, -0.15) is 0 Å². The molecule has 1 aliphatic heterocycles. The monoisotopic (exact) mass is 348 g/mol. The quantitative estimate of drug-likeness (QED) is 0.745. The van der Waals surface area contributed by atoms with Crippen LogP contribution in [-0.2, 0) is 24.4 Å². The first-order valence-corrected chi connectivity index (χ1v) is 9.26. The fraction of sp³-hybridized carbons (Fsp3) is 0.333. The highest BCUT2D eigenvalue weighted by Crippen LogP contribution is 2.21. The highest BCUT2D eigenvalue weighted by atomic mass is 16.2.